The first-order valence-electron chi connectivity index (χ1n) is 8.52. The third-order valence-corrected chi connectivity index (χ3v) is 6.08. The Morgan fingerprint density at radius 3 is 2.88 bits per heavy atom. The fourth-order valence-electron chi connectivity index (χ4n) is 3.36. The number of carboxylic acid groups (broad SMARTS) is 1. The van der Waals surface area contributed by atoms with Gasteiger partial charge >= 0.3 is 5.97 Å². The molecule has 24 heavy (non-hydrogen) atoms. The summed E-state index contributed by atoms with van der Waals surface area (Å²) < 4.78 is 0. The van der Waals surface area contributed by atoms with Gasteiger partial charge in [0.2, 0.25) is 0 Å². The molecule has 0 radical (unpaired) electrons. The highest BCUT2D eigenvalue weighted by Crippen LogP contribution is 2.31. The molecular weight excluding hydrogens is 320 g/mol. The highest BCUT2D eigenvalue weighted by molar-refractivity contribution is 7.11. The van der Waals surface area contributed by atoms with Gasteiger partial charge in [-0.3, -0.25) is 0 Å². The van der Waals surface area contributed by atoms with Gasteiger partial charge in [0.1, 0.15) is 0 Å². The molecule has 1 N–H and O–H groups in total. The summed E-state index contributed by atoms with van der Waals surface area (Å²) in [5, 5.41) is 10.6. The molecule has 1 saturated heterocycles. The van der Waals surface area contributed by atoms with E-state index in [9.17, 15) is 9.90 Å². The zero-order chi connectivity index (χ0) is 17.1. The molecule has 1 aliphatic heterocycles. The molecule has 0 spiro atoms. The number of thiazole rings is 1. The summed E-state index contributed by atoms with van der Waals surface area (Å²) in [7, 11) is 0. The zero-order valence-corrected chi connectivity index (χ0v) is 15.1. The van der Waals surface area contributed by atoms with E-state index >= 15 is 0 Å². The van der Waals surface area contributed by atoms with Crippen LogP contribution in [-0.4, -0.2) is 40.6 Å². The van der Waals surface area contributed by atoms with Gasteiger partial charge in [-0.15, -0.1) is 11.3 Å². The maximum atomic E-state index is 11.3. The van der Waals surface area contributed by atoms with Crippen LogP contribution < -0.4 is 0 Å². The molecule has 1 atom stereocenters. The number of carboxylic acids is 1. The Balaban J connectivity index is 1.63. The topological polar surface area (TPSA) is 53.4 Å². The fraction of sp³-hybridized carbons (Fsp3) is 0.474. The Kier molecular flexibility index (Phi) is 5.31. The number of hydrogen-bond donors (Lipinski definition) is 1. The Labute approximate surface area is 147 Å². The van der Waals surface area contributed by atoms with Crippen molar-refractivity contribution in [3.63, 3.8) is 0 Å². The van der Waals surface area contributed by atoms with E-state index in [1.165, 1.54) is 22.7 Å². The van der Waals surface area contributed by atoms with E-state index in [0.29, 0.717) is 11.5 Å². The van der Waals surface area contributed by atoms with Crippen LogP contribution in [0.4, 0.5) is 0 Å². The molecule has 1 aliphatic rings. The third-order valence-electron chi connectivity index (χ3n) is 4.84. The molecule has 0 saturated carbocycles. The number of likely N-dealkylation sites (tertiary alicyclic amines) is 1. The number of aromatic nitrogens is 1. The van der Waals surface area contributed by atoms with Gasteiger partial charge in [0.25, 0.3) is 0 Å². The second kappa shape index (κ2) is 7.45. The van der Waals surface area contributed by atoms with Crippen LogP contribution in [-0.2, 0) is 6.42 Å². The molecule has 1 aromatic carbocycles. The quantitative estimate of drug-likeness (QED) is 0.894. The van der Waals surface area contributed by atoms with Crippen molar-refractivity contribution in [2.75, 3.05) is 19.6 Å². The first kappa shape index (κ1) is 17.1. The summed E-state index contributed by atoms with van der Waals surface area (Å²) in [6.07, 6.45) is 3.17. The third kappa shape index (κ3) is 3.84. The van der Waals surface area contributed by atoms with Crippen molar-refractivity contribution in [2.24, 2.45) is 0 Å². The molecule has 4 nitrogen and oxygen atoms in total. The molecule has 1 unspecified atom stereocenters. The van der Waals surface area contributed by atoms with Crippen molar-refractivity contribution in [3.8, 4) is 0 Å². The molecule has 2 heterocycles. The lowest BCUT2D eigenvalue weighted by Gasteiger charge is -2.31. The molecule has 0 amide bonds. The first-order chi connectivity index (χ1) is 11.5. The second-order valence-electron chi connectivity index (χ2n) is 6.55. The SMILES string of the molecule is Cc1nc(C2CCCN(CCc3ccccc3C(=O)O)C2)sc1C. The monoisotopic (exact) mass is 344 g/mol. The summed E-state index contributed by atoms with van der Waals surface area (Å²) in [6.45, 7) is 7.25. The summed E-state index contributed by atoms with van der Waals surface area (Å²) in [5.74, 6) is -0.318. The lowest BCUT2D eigenvalue weighted by Crippen LogP contribution is -2.36. The molecule has 0 aliphatic carbocycles. The van der Waals surface area contributed by atoms with Gasteiger partial charge in [-0.05, 0) is 51.3 Å². The van der Waals surface area contributed by atoms with Gasteiger partial charge in [-0.25, -0.2) is 9.78 Å². The minimum Gasteiger partial charge on any atom is -0.478 e. The molecule has 5 heteroatoms. The van der Waals surface area contributed by atoms with Gasteiger partial charge in [-0.2, -0.15) is 0 Å². The smallest absolute Gasteiger partial charge is 0.335 e. The predicted molar refractivity (Wildman–Crippen MR) is 97.1 cm³/mol. The fourth-order valence-corrected chi connectivity index (χ4v) is 4.41. The van der Waals surface area contributed by atoms with Crippen molar-refractivity contribution in [2.45, 2.75) is 39.0 Å². The van der Waals surface area contributed by atoms with Gasteiger partial charge in [0.15, 0.2) is 0 Å². The minimum absolute atomic E-state index is 0.428. The van der Waals surface area contributed by atoms with E-state index in [4.69, 9.17) is 4.98 Å². The van der Waals surface area contributed by atoms with Crippen molar-refractivity contribution in [1.82, 2.24) is 9.88 Å². The van der Waals surface area contributed by atoms with Crippen LogP contribution in [0.15, 0.2) is 24.3 Å². The van der Waals surface area contributed by atoms with Crippen LogP contribution >= 0.6 is 11.3 Å². The predicted octanol–water partition coefficient (Wildman–Crippen LogP) is 3.88. The van der Waals surface area contributed by atoms with Crippen LogP contribution in [0.2, 0.25) is 0 Å². The number of aromatic carboxylic acids is 1. The van der Waals surface area contributed by atoms with Gasteiger partial charge in [-0.1, -0.05) is 18.2 Å². The van der Waals surface area contributed by atoms with Crippen LogP contribution in [0.5, 0.6) is 0 Å². The number of nitrogens with zero attached hydrogens (tertiary/aromatic N) is 2. The molecular formula is C19H24N2O2S. The molecule has 1 aromatic heterocycles. The number of carbonyl (C=O) groups is 1. The Morgan fingerprint density at radius 2 is 2.17 bits per heavy atom. The van der Waals surface area contributed by atoms with Gasteiger partial charge in [0, 0.05) is 23.9 Å². The highest BCUT2D eigenvalue weighted by atomic mass is 32.1. The van der Waals surface area contributed by atoms with E-state index < -0.39 is 5.97 Å². The summed E-state index contributed by atoms with van der Waals surface area (Å²) in [4.78, 5) is 19.8. The van der Waals surface area contributed by atoms with Crippen molar-refractivity contribution < 1.29 is 9.90 Å². The number of rotatable bonds is 5. The van der Waals surface area contributed by atoms with Crippen LogP contribution in [0.3, 0.4) is 0 Å². The minimum atomic E-state index is -0.837. The molecule has 1 fully saturated rings. The summed E-state index contributed by atoms with van der Waals surface area (Å²) in [5.41, 5.74) is 2.51. The van der Waals surface area contributed by atoms with Crippen LogP contribution in [0, 0.1) is 13.8 Å². The first-order valence-corrected chi connectivity index (χ1v) is 9.33. The maximum Gasteiger partial charge on any atom is 0.335 e. The van der Waals surface area contributed by atoms with Crippen LogP contribution in [0.25, 0.3) is 0 Å². The summed E-state index contributed by atoms with van der Waals surface area (Å²) >= 11 is 1.83. The second-order valence-corrected chi connectivity index (χ2v) is 7.78. The number of aryl methyl sites for hydroxylation is 2. The zero-order valence-electron chi connectivity index (χ0n) is 14.3. The summed E-state index contributed by atoms with van der Waals surface area (Å²) in [6, 6.07) is 7.33. The van der Waals surface area contributed by atoms with E-state index in [-0.39, 0.29) is 0 Å². The van der Waals surface area contributed by atoms with Crippen molar-refractivity contribution in [3.05, 3.63) is 51.0 Å². The maximum absolute atomic E-state index is 11.3. The molecule has 0 bridgehead atoms. The molecule has 2 aromatic rings. The lowest BCUT2D eigenvalue weighted by atomic mass is 9.97. The normalized spacial score (nSPS) is 18.7. The van der Waals surface area contributed by atoms with Crippen molar-refractivity contribution >= 4 is 17.3 Å². The van der Waals surface area contributed by atoms with Gasteiger partial charge in [0.05, 0.1) is 16.3 Å². The molecule has 3 rings (SSSR count). The van der Waals surface area contributed by atoms with E-state index in [1.807, 2.05) is 23.5 Å². The van der Waals surface area contributed by atoms with E-state index in [1.54, 1.807) is 12.1 Å². The highest BCUT2D eigenvalue weighted by Gasteiger charge is 2.24. The Hall–Kier alpha value is -1.72. The molecule has 128 valence electrons. The van der Waals surface area contributed by atoms with Gasteiger partial charge < -0.3 is 10.0 Å². The average molecular weight is 344 g/mol. The van der Waals surface area contributed by atoms with E-state index in [0.717, 1.165) is 37.3 Å². The largest absolute Gasteiger partial charge is 0.478 e. The lowest BCUT2D eigenvalue weighted by molar-refractivity contribution is 0.0695. The number of piperidine rings is 1. The average Bonchev–Trinajstić information content (AvgIpc) is 2.92. The van der Waals surface area contributed by atoms with E-state index in [2.05, 4.69) is 18.7 Å². The Morgan fingerprint density at radius 1 is 1.38 bits per heavy atom. The Bertz CT molecular complexity index is 706. The standard InChI is InChI=1S/C19H24N2O2S/c1-13-14(2)24-18(20-13)16-7-5-10-21(12-16)11-9-15-6-3-4-8-17(15)19(22)23/h3-4,6,8,16H,5,7,9-12H2,1-2H3,(H,22,23). The van der Waals surface area contributed by atoms with Crippen LogP contribution in [0.1, 0.15) is 50.3 Å². The number of hydrogen-bond acceptors (Lipinski definition) is 4. The number of benzene rings is 1. The van der Waals surface area contributed by atoms with Crippen molar-refractivity contribution in [1.29, 1.82) is 0 Å².